The molecule has 0 aliphatic carbocycles. The summed E-state index contributed by atoms with van der Waals surface area (Å²) < 4.78 is 0. The van der Waals surface area contributed by atoms with Crippen molar-refractivity contribution in [3.8, 4) is 0 Å². The molecule has 2 atom stereocenters. The molecule has 13 heavy (non-hydrogen) atoms. The summed E-state index contributed by atoms with van der Waals surface area (Å²) in [5, 5.41) is 12.5. The number of rotatable bonds is 4. The van der Waals surface area contributed by atoms with E-state index in [4.69, 9.17) is 10.6 Å². The van der Waals surface area contributed by atoms with E-state index in [1.807, 2.05) is 0 Å². The lowest BCUT2D eigenvalue weighted by atomic mass is 10.00. The Balaban J connectivity index is 2.27. The summed E-state index contributed by atoms with van der Waals surface area (Å²) in [4.78, 5) is 4.94. The Morgan fingerprint density at radius 3 is 2.92 bits per heavy atom. The molecule has 0 aromatic heterocycles. The molecule has 1 saturated heterocycles. The van der Waals surface area contributed by atoms with Gasteiger partial charge < -0.3 is 10.0 Å². The molecular formula is C8H16N4O. The Hall–Kier alpha value is -0.770. The minimum atomic E-state index is 0.263. The lowest BCUT2D eigenvalue weighted by Gasteiger charge is -2.12. The van der Waals surface area contributed by atoms with E-state index in [9.17, 15) is 0 Å². The second-order valence-corrected chi connectivity index (χ2v) is 3.63. The summed E-state index contributed by atoms with van der Waals surface area (Å²) >= 11 is 0. The van der Waals surface area contributed by atoms with E-state index in [1.165, 1.54) is 0 Å². The number of aliphatic hydroxyl groups is 1. The molecule has 0 spiro atoms. The van der Waals surface area contributed by atoms with Crippen molar-refractivity contribution in [3.63, 3.8) is 0 Å². The minimum Gasteiger partial charge on any atom is -0.396 e. The van der Waals surface area contributed by atoms with Crippen molar-refractivity contribution in [2.45, 2.75) is 6.92 Å². The molecule has 0 bridgehead atoms. The van der Waals surface area contributed by atoms with Crippen LogP contribution in [0.25, 0.3) is 10.4 Å². The molecule has 74 valence electrons. The average Bonchev–Trinajstić information content (AvgIpc) is 2.47. The van der Waals surface area contributed by atoms with Gasteiger partial charge in [0.25, 0.3) is 0 Å². The summed E-state index contributed by atoms with van der Waals surface area (Å²) in [6.07, 6.45) is 0. The van der Waals surface area contributed by atoms with E-state index in [1.54, 1.807) is 0 Å². The number of aliphatic hydroxyl groups excluding tert-OH is 1. The third-order valence-electron chi connectivity index (χ3n) is 2.66. The van der Waals surface area contributed by atoms with Crippen LogP contribution in [0.3, 0.4) is 0 Å². The lowest BCUT2D eigenvalue weighted by Crippen LogP contribution is -2.24. The van der Waals surface area contributed by atoms with Crippen LogP contribution >= 0.6 is 0 Å². The number of hydrogen-bond donors (Lipinski definition) is 1. The van der Waals surface area contributed by atoms with Crippen LogP contribution in [-0.2, 0) is 0 Å². The summed E-state index contributed by atoms with van der Waals surface area (Å²) in [5.74, 6) is 0.946. The first kappa shape index (κ1) is 10.3. The Morgan fingerprint density at radius 2 is 2.38 bits per heavy atom. The van der Waals surface area contributed by atoms with Gasteiger partial charge in [-0.1, -0.05) is 12.0 Å². The third kappa shape index (κ3) is 2.88. The van der Waals surface area contributed by atoms with Gasteiger partial charge in [-0.05, 0) is 17.4 Å². The highest BCUT2D eigenvalue weighted by atomic mass is 16.3. The van der Waals surface area contributed by atoms with Crippen molar-refractivity contribution in [2.75, 3.05) is 32.8 Å². The molecule has 1 aliphatic rings. The molecule has 0 amide bonds. The van der Waals surface area contributed by atoms with Gasteiger partial charge in [0.15, 0.2) is 0 Å². The molecule has 0 saturated carbocycles. The summed E-state index contributed by atoms with van der Waals surface area (Å²) in [5.41, 5.74) is 8.09. The maximum absolute atomic E-state index is 9.02. The quantitative estimate of drug-likeness (QED) is 0.400. The molecule has 0 aromatic rings. The van der Waals surface area contributed by atoms with Crippen molar-refractivity contribution < 1.29 is 5.11 Å². The van der Waals surface area contributed by atoms with Gasteiger partial charge in [0.1, 0.15) is 0 Å². The second-order valence-electron chi connectivity index (χ2n) is 3.63. The molecule has 1 rings (SSSR count). The van der Waals surface area contributed by atoms with Crippen LogP contribution in [0.5, 0.6) is 0 Å². The van der Waals surface area contributed by atoms with E-state index in [2.05, 4.69) is 21.8 Å². The fourth-order valence-electron chi connectivity index (χ4n) is 1.79. The van der Waals surface area contributed by atoms with Crippen LogP contribution in [0.2, 0.25) is 0 Å². The van der Waals surface area contributed by atoms with Gasteiger partial charge in [-0.3, -0.25) is 0 Å². The molecule has 5 heteroatoms. The van der Waals surface area contributed by atoms with Crippen LogP contribution in [0.1, 0.15) is 6.92 Å². The van der Waals surface area contributed by atoms with Crippen LogP contribution in [0.4, 0.5) is 0 Å². The molecule has 1 aliphatic heterocycles. The highest BCUT2D eigenvalue weighted by molar-refractivity contribution is 4.80. The maximum Gasteiger partial charge on any atom is 0.0474 e. The normalized spacial score (nSPS) is 28.8. The fraction of sp³-hybridized carbons (Fsp3) is 1.00. The highest BCUT2D eigenvalue weighted by Crippen LogP contribution is 2.21. The summed E-state index contributed by atoms with van der Waals surface area (Å²) in [7, 11) is 0. The van der Waals surface area contributed by atoms with Gasteiger partial charge >= 0.3 is 0 Å². The van der Waals surface area contributed by atoms with Crippen molar-refractivity contribution in [1.82, 2.24) is 4.90 Å². The zero-order valence-corrected chi connectivity index (χ0v) is 7.93. The highest BCUT2D eigenvalue weighted by Gasteiger charge is 2.27. The number of nitrogens with zero attached hydrogens (tertiary/aromatic N) is 4. The molecule has 0 unspecified atom stereocenters. The first-order chi connectivity index (χ1) is 6.27. The maximum atomic E-state index is 9.02. The monoisotopic (exact) mass is 184 g/mol. The Labute approximate surface area is 78.0 Å². The number of hydrogen-bond acceptors (Lipinski definition) is 3. The van der Waals surface area contributed by atoms with Gasteiger partial charge in [-0.15, -0.1) is 0 Å². The lowest BCUT2D eigenvalue weighted by molar-refractivity contribution is 0.206. The molecule has 1 N–H and O–H groups in total. The van der Waals surface area contributed by atoms with Gasteiger partial charge in [-0.2, -0.15) is 0 Å². The molecule has 1 fully saturated rings. The predicted octanol–water partition coefficient (Wildman–Crippen LogP) is 0.857. The van der Waals surface area contributed by atoms with Crippen LogP contribution in [-0.4, -0.2) is 42.8 Å². The predicted molar refractivity (Wildman–Crippen MR) is 50.2 cm³/mol. The minimum absolute atomic E-state index is 0.263. The van der Waals surface area contributed by atoms with E-state index >= 15 is 0 Å². The topological polar surface area (TPSA) is 72.2 Å². The molecule has 1 heterocycles. The zero-order valence-electron chi connectivity index (χ0n) is 7.93. The Morgan fingerprint density at radius 1 is 1.62 bits per heavy atom. The average molecular weight is 184 g/mol. The molecule has 0 aromatic carbocycles. The van der Waals surface area contributed by atoms with Gasteiger partial charge in [0.2, 0.25) is 0 Å². The van der Waals surface area contributed by atoms with E-state index in [-0.39, 0.29) is 6.61 Å². The molecular weight excluding hydrogens is 168 g/mol. The standard InChI is InChI=1S/C8H16N4O/c1-7-4-12(3-2-10-11-9)5-8(7)6-13/h7-8,13H,2-6H2,1H3/t7-,8+/m1/s1. The van der Waals surface area contributed by atoms with Crippen LogP contribution in [0, 0.1) is 11.8 Å². The molecule has 0 radical (unpaired) electrons. The van der Waals surface area contributed by atoms with Crippen LogP contribution < -0.4 is 0 Å². The van der Waals surface area contributed by atoms with Crippen LogP contribution in [0.15, 0.2) is 5.11 Å². The molecule has 5 nitrogen and oxygen atoms in total. The van der Waals surface area contributed by atoms with Gasteiger partial charge in [0.05, 0.1) is 0 Å². The van der Waals surface area contributed by atoms with Crippen molar-refractivity contribution in [1.29, 1.82) is 0 Å². The van der Waals surface area contributed by atoms with Gasteiger partial charge in [-0.25, -0.2) is 0 Å². The first-order valence-corrected chi connectivity index (χ1v) is 4.62. The number of likely N-dealkylation sites (tertiary alicyclic amines) is 1. The smallest absolute Gasteiger partial charge is 0.0474 e. The van der Waals surface area contributed by atoms with E-state index < -0.39 is 0 Å². The largest absolute Gasteiger partial charge is 0.396 e. The zero-order chi connectivity index (χ0) is 9.68. The fourth-order valence-corrected chi connectivity index (χ4v) is 1.79. The van der Waals surface area contributed by atoms with E-state index in [0.717, 1.165) is 19.6 Å². The third-order valence-corrected chi connectivity index (χ3v) is 2.66. The Bertz CT molecular complexity index is 202. The van der Waals surface area contributed by atoms with Crippen molar-refractivity contribution in [2.24, 2.45) is 17.0 Å². The first-order valence-electron chi connectivity index (χ1n) is 4.62. The SMILES string of the molecule is C[C@@H]1CN(CCN=[N+]=[N-])C[C@H]1CO. The van der Waals surface area contributed by atoms with Crippen molar-refractivity contribution in [3.05, 3.63) is 10.4 Å². The van der Waals surface area contributed by atoms with Gasteiger partial charge in [0, 0.05) is 37.7 Å². The number of azide groups is 1. The second kappa shape index (κ2) is 5.07. The van der Waals surface area contributed by atoms with Crippen molar-refractivity contribution >= 4 is 0 Å². The summed E-state index contributed by atoms with van der Waals surface area (Å²) in [6.45, 7) is 5.69. The Kier molecular flexibility index (Phi) is 4.02. The van der Waals surface area contributed by atoms with E-state index in [0.29, 0.717) is 18.4 Å². The summed E-state index contributed by atoms with van der Waals surface area (Å²) in [6, 6.07) is 0.